The fourth-order valence-corrected chi connectivity index (χ4v) is 1.17. The number of carbonyl (C=O) groups excluding carboxylic acids is 1. The molecule has 1 aliphatic rings. The molecule has 0 N–H and O–H groups in total. The molecule has 1 fully saturated rings. The molecule has 0 heterocycles. The Morgan fingerprint density at radius 3 is 2.45 bits per heavy atom. The lowest BCUT2D eigenvalue weighted by molar-refractivity contribution is -0.124. The van der Waals surface area contributed by atoms with Gasteiger partial charge in [-0.15, -0.1) is 0 Å². The Hall–Kier alpha value is -0.330. The molecule has 1 nitrogen and oxygen atoms in total. The van der Waals surface area contributed by atoms with Crippen molar-refractivity contribution in [1.82, 2.24) is 0 Å². The van der Waals surface area contributed by atoms with Crippen LogP contribution in [0.5, 0.6) is 0 Å². The Morgan fingerprint density at radius 1 is 1.55 bits per heavy atom. The maximum atomic E-state index is 11.5. The minimum Gasteiger partial charge on any atom is -0.299 e. The smallest absolute Gasteiger partial charge is 0.139 e. The number of ketones is 1. The van der Waals surface area contributed by atoms with Crippen LogP contribution in [0.3, 0.4) is 0 Å². The Morgan fingerprint density at radius 2 is 2.09 bits per heavy atom. The van der Waals surface area contributed by atoms with Crippen LogP contribution in [-0.4, -0.2) is 5.78 Å². The summed E-state index contributed by atoms with van der Waals surface area (Å²) in [7, 11) is 0. The van der Waals surface area contributed by atoms with E-state index in [2.05, 4.69) is 20.8 Å². The van der Waals surface area contributed by atoms with Crippen molar-refractivity contribution in [3.8, 4) is 0 Å². The van der Waals surface area contributed by atoms with Crippen LogP contribution in [0.4, 0.5) is 0 Å². The molecule has 1 unspecified atom stereocenters. The van der Waals surface area contributed by atoms with Crippen LogP contribution in [-0.2, 0) is 4.79 Å². The van der Waals surface area contributed by atoms with Gasteiger partial charge in [0.1, 0.15) is 5.78 Å². The Labute approximate surface area is 69.2 Å². The van der Waals surface area contributed by atoms with Gasteiger partial charge in [0, 0.05) is 11.8 Å². The van der Waals surface area contributed by atoms with Crippen molar-refractivity contribution < 1.29 is 4.79 Å². The lowest BCUT2D eigenvalue weighted by Gasteiger charge is -2.10. The molecular weight excluding hydrogens is 136 g/mol. The van der Waals surface area contributed by atoms with Gasteiger partial charge in [-0.2, -0.15) is 0 Å². The maximum absolute atomic E-state index is 11.5. The summed E-state index contributed by atoms with van der Waals surface area (Å²) in [6.45, 7) is 6.40. The number of carbonyl (C=O) groups is 1. The van der Waals surface area contributed by atoms with Crippen molar-refractivity contribution in [3.63, 3.8) is 0 Å². The Kier molecular flexibility index (Phi) is 2.36. The van der Waals surface area contributed by atoms with Crippen LogP contribution >= 0.6 is 0 Å². The van der Waals surface area contributed by atoms with E-state index in [9.17, 15) is 4.79 Å². The molecule has 0 amide bonds. The van der Waals surface area contributed by atoms with Crippen molar-refractivity contribution in [2.24, 2.45) is 11.3 Å². The summed E-state index contributed by atoms with van der Waals surface area (Å²) in [5, 5.41) is 0. The van der Waals surface area contributed by atoms with Gasteiger partial charge in [-0.1, -0.05) is 27.2 Å². The van der Waals surface area contributed by atoms with Gasteiger partial charge >= 0.3 is 0 Å². The maximum Gasteiger partial charge on any atom is 0.139 e. The molecule has 0 aromatic rings. The number of hydrogen-bond acceptors (Lipinski definition) is 1. The molecule has 0 spiro atoms. The van der Waals surface area contributed by atoms with Gasteiger partial charge in [-0.25, -0.2) is 0 Å². The summed E-state index contributed by atoms with van der Waals surface area (Å²) >= 11 is 0. The van der Waals surface area contributed by atoms with Gasteiger partial charge < -0.3 is 0 Å². The predicted octanol–water partition coefficient (Wildman–Crippen LogP) is 2.79. The molecular formula is C10H18O. The molecule has 64 valence electrons. The predicted molar refractivity (Wildman–Crippen MR) is 46.4 cm³/mol. The summed E-state index contributed by atoms with van der Waals surface area (Å²) in [5.41, 5.74) is 0.101. The average molecular weight is 154 g/mol. The molecule has 0 bridgehead atoms. The molecule has 0 saturated heterocycles. The largest absolute Gasteiger partial charge is 0.299 e. The van der Waals surface area contributed by atoms with Gasteiger partial charge in [0.25, 0.3) is 0 Å². The molecule has 1 aliphatic carbocycles. The highest BCUT2D eigenvalue weighted by Gasteiger charge is 2.44. The van der Waals surface area contributed by atoms with Crippen LogP contribution < -0.4 is 0 Å². The third kappa shape index (κ3) is 2.05. The molecule has 11 heavy (non-hydrogen) atoms. The quantitative estimate of drug-likeness (QED) is 0.608. The molecule has 1 rings (SSSR count). The van der Waals surface area contributed by atoms with E-state index in [1.54, 1.807) is 0 Å². The molecule has 0 aliphatic heterocycles. The van der Waals surface area contributed by atoms with Crippen molar-refractivity contribution in [3.05, 3.63) is 0 Å². The third-order valence-corrected chi connectivity index (χ3v) is 2.90. The molecule has 1 atom stereocenters. The first-order valence-electron chi connectivity index (χ1n) is 4.62. The van der Waals surface area contributed by atoms with Crippen LogP contribution in [0.15, 0.2) is 0 Å². The van der Waals surface area contributed by atoms with Crippen LogP contribution in [0.2, 0.25) is 0 Å². The first-order chi connectivity index (χ1) is 5.08. The van der Waals surface area contributed by atoms with Crippen molar-refractivity contribution in [2.75, 3.05) is 0 Å². The topological polar surface area (TPSA) is 17.1 Å². The van der Waals surface area contributed by atoms with Crippen molar-refractivity contribution in [1.29, 1.82) is 0 Å². The zero-order chi connectivity index (χ0) is 8.48. The van der Waals surface area contributed by atoms with Gasteiger partial charge in [0.15, 0.2) is 0 Å². The summed E-state index contributed by atoms with van der Waals surface area (Å²) < 4.78 is 0. The summed E-state index contributed by atoms with van der Waals surface area (Å²) in [6.07, 6.45) is 4.18. The van der Waals surface area contributed by atoms with E-state index in [-0.39, 0.29) is 5.41 Å². The van der Waals surface area contributed by atoms with Crippen LogP contribution in [0.25, 0.3) is 0 Å². The standard InChI is InChI=1S/C10H18O/c1-4-8(2)7-9(11)10(3)5-6-10/h8H,4-7H2,1-3H3. The van der Waals surface area contributed by atoms with Crippen LogP contribution in [0, 0.1) is 11.3 Å². The van der Waals surface area contributed by atoms with E-state index in [1.807, 2.05) is 0 Å². The minimum atomic E-state index is 0.101. The fraction of sp³-hybridized carbons (Fsp3) is 0.900. The first-order valence-corrected chi connectivity index (χ1v) is 4.62. The lowest BCUT2D eigenvalue weighted by Crippen LogP contribution is -2.14. The summed E-state index contributed by atoms with van der Waals surface area (Å²) in [6, 6.07) is 0. The fourth-order valence-electron chi connectivity index (χ4n) is 1.17. The van der Waals surface area contributed by atoms with E-state index >= 15 is 0 Å². The zero-order valence-electron chi connectivity index (χ0n) is 7.81. The number of rotatable bonds is 4. The SMILES string of the molecule is CCC(C)CC(=O)C1(C)CC1. The lowest BCUT2D eigenvalue weighted by atomic mass is 9.93. The van der Waals surface area contributed by atoms with E-state index in [0.29, 0.717) is 11.7 Å². The highest BCUT2D eigenvalue weighted by atomic mass is 16.1. The minimum absolute atomic E-state index is 0.101. The second-order valence-electron chi connectivity index (χ2n) is 4.20. The second kappa shape index (κ2) is 2.96. The van der Waals surface area contributed by atoms with Gasteiger partial charge in [-0.05, 0) is 18.8 Å². The number of hydrogen-bond donors (Lipinski definition) is 0. The monoisotopic (exact) mass is 154 g/mol. The molecule has 0 aromatic heterocycles. The van der Waals surface area contributed by atoms with E-state index < -0.39 is 0 Å². The van der Waals surface area contributed by atoms with Crippen molar-refractivity contribution >= 4 is 5.78 Å². The molecule has 1 saturated carbocycles. The average Bonchev–Trinajstić information content (AvgIpc) is 2.69. The first kappa shape index (κ1) is 8.76. The van der Waals surface area contributed by atoms with Crippen molar-refractivity contribution in [2.45, 2.75) is 46.5 Å². The Balaban J connectivity index is 2.32. The zero-order valence-corrected chi connectivity index (χ0v) is 7.81. The van der Waals surface area contributed by atoms with Gasteiger partial charge in [-0.3, -0.25) is 4.79 Å². The summed E-state index contributed by atoms with van der Waals surface area (Å²) in [4.78, 5) is 11.5. The molecule has 1 heteroatoms. The normalized spacial score (nSPS) is 22.8. The van der Waals surface area contributed by atoms with E-state index in [0.717, 1.165) is 25.7 Å². The number of Topliss-reactive ketones (excluding diaryl/α,β-unsaturated/α-hetero) is 1. The van der Waals surface area contributed by atoms with Gasteiger partial charge in [0.05, 0.1) is 0 Å². The highest BCUT2D eigenvalue weighted by Crippen LogP contribution is 2.47. The third-order valence-electron chi connectivity index (χ3n) is 2.90. The highest BCUT2D eigenvalue weighted by molar-refractivity contribution is 5.86. The van der Waals surface area contributed by atoms with E-state index in [4.69, 9.17) is 0 Å². The van der Waals surface area contributed by atoms with Gasteiger partial charge in [0.2, 0.25) is 0 Å². The van der Waals surface area contributed by atoms with Crippen LogP contribution in [0.1, 0.15) is 46.5 Å². The molecule has 0 radical (unpaired) electrons. The Bertz CT molecular complexity index is 156. The molecule has 0 aromatic carbocycles. The van der Waals surface area contributed by atoms with E-state index in [1.165, 1.54) is 0 Å². The second-order valence-corrected chi connectivity index (χ2v) is 4.20. The summed E-state index contributed by atoms with van der Waals surface area (Å²) in [5.74, 6) is 1.08.